The molecule has 3 amide bonds. The summed E-state index contributed by atoms with van der Waals surface area (Å²) >= 11 is 0. The highest BCUT2D eigenvalue weighted by Crippen LogP contribution is 2.20. The minimum atomic E-state index is -1.06. The smallest absolute Gasteiger partial charge is 0.322 e. The Morgan fingerprint density at radius 1 is 1.02 bits per heavy atom. The van der Waals surface area contributed by atoms with E-state index in [-0.39, 0.29) is 5.92 Å². The van der Waals surface area contributed by atoms with Crippen LogP contribution in [0.3, 0.4) is 0 Å². The molecule has 0 saturated carbocycles. The zero-order chi connectivity index (χ0) is 31.1. The van der Waals surface area contributed by atoms with Crippen LogP contribution in [0.4, 0.5) is 0 Å². The SMILES string of the molecule is CC(C)[C@H](NC(=O)[C@H](/C=C/c1ccc2ccc([C@@H](C)O)nc2c1)[C@H](C)O)C(=O)N[C@@H](C)C(=O)N1CCC[C@@H](C(=O)O)N1. The molecule has 1 aliphatic rings. The highest BCUT2D eigenvalue weighted by Gasteiger charge is 2.33. The summed E-state index contributed by atoms with van der Waals surface area (Å²) in [7, 11) is 0. The van der Waals surface area contributed by atoms with Gasteiger partial charge in [0.2, 0.25) is 11.8 Å². The summed E-state index contributed by atoms with van der Waals surface area (Å²) in [6.45, 7) is 8.41. The molecule has 228 valence electrons. The predicted octanol–water partition coefficient (Wildman–Crippen LogP) is 1.52. The van der Waals surface area contributed by atoms with Gasteiger partial charge in [-0.1, -0.05) is 44.2 Å². The maximum Gasteiger partial charge on any atom is 0.322 e. The number of nitrogens with one attached hydrogen (secondary N) is 3. The summed E-state index contributed by atoms with van der Waals surface area (Å²) in [5.41, 5.74) is 4.62. The van der Waals surface area contributed by atoms with Gasteiger partial charge in [0, 0.05) is 11.9 Å². The van der Waals surface area contributed by atoms with Crippen molar-refractivity contribution in [2.45, 2.75) is 77.8 Å². The van der Waals surface area contributed by atoms with Gasteiger partial charge in [-0.05, 0) is 57.2 Å². The Bertz CT molecular complexity index is 1330. The van der Waals surface area contributed by atoms with Crippen molar-refractivity contribution in [3.8, 4) is 0 Å². The number of carboxylic acids is 1. The average molecular weight is 584 g/mol. The lowest BCUT2D eigenvalue weighted by atomic mass is 9.97. The number of carbonyl (C=O) groups excluding carboxylic acids is 3. The van der Waals surface area contributed by atoms with Crippen LogP contribution in [0.25, 0.3) is 17.0 Å². The maximum atomic E-state index is 13.2. The van der Waals surface area contributed by atoms with Crippen LogP contribution in [0.2, 0.25) is 0 Å². The summed E-state index contributed by atoms with van der Waals surface area (Å²) in [5, 5.41) is 36.9. The van der Waals surface area contributed by atoms with Crippen molar-refractivity contribution in [3.63, 3.8) is 0 Å². The van der Waals surface area contributed by atoms with E-state index in [1.165, 1.54) is 18.9 Å². The molecule has 42 heavy (non-hydrogen) atoms. The molecule has 0 bridgehead atoms. The number of carbonyl (C=O) groups is 4. The number of hydrogen-bond acceptors (Lipinski definition) is 8. The van der Waals surface area contributed by atoms with Crippen molar-refractivity contribution in [3.05, 3.63) is 47.7 Å². The van der Waals surface area contributed by atoms with E-state index in [1.54, 1.807) is 39.0 Å². The van der Waals surface area contributed by atoms with Gasteiger partial charge in [-0.3, -0.25) is 29.2 Å². The number of hydrogen-bond donors (Lipinski definition) is 6. The molecule has 0 unspecified atom stereocenters. The highest BCUT2D eigenvalue weighted by molar-refractivity contribution is 5.93. The molecule has 2 aromatic rings. The molecule has 12 nitrogen and oxygen atoms in total. The van der Waals surface area contributed by atoms with E-state index >= 15 is 0 Å². The quantitative estimate of drug-likeness (QED) is 0.229. The monoisotopic (exact) mass is 583 g/mol. The molecule has 1 aromatic heterocycles. The number of pyridine rings is 1. The number of fused-ring (bicyclic) bond motifs is 1. The van der Waals surface area contributed by atoms with Gasteiger partial charge in [-0.25, -0.2) is 5.43 Å². The molecule has 12 heteroatoms. The first-order chi connectivity index (χ1) is 19.8. The van der Waals surface area contributed by atoms with Gasteiger partial charge < -0.3 is 26.0 Å². The van der Waals surface area contributed by atoms with E-state index in [1.807, 2.05) is 24.3 Å². The standard InChI is InChI=1S/C30H41N5O7/c1-16(2)26(28(39)31-17(3)29(40)35-14-6-7-24(34-35)30(41)42)33-27(38)22(18(4)36)12-9-20-8-10-21-11-13-23(19(5)37)32-25(21)15-20/h8-13,15-19,22,24,26,34,36-37H,6-7,14H2,1-5H3,(H,31,39)(H,33,38)(H,41,42)/b12-9+/t17-,18-,19+,22+,24-,26-/m0/s1. The van der Waals surface area contributed by atoms with E-state index < -0.39 is 59.9 Å². The molecule has 6 atom stereocenters. The number of amides is 3. The van der Waals surface area contributed by atoms with Crippen LogP contribution in [-0.2, 0) is 19.2 Å². The number of aliphatic hydroxyl groups excluding tert-OH is 2. The third-order valence-electron chi connectivity index (χ3n) is 7.21. The third kappa shape index (κ3) is 8.34. The van der Waals surface area contributed by atoms with Gasteiger partial charge in [0.1, 0.15) is 18.1 Å². The first-order valence-corrected chi connectivity index (χ1v) is 14.1. The van der Waals surface area contributed by atoms with Crippen molar-refractivity contribution >= 4 is 40.7 Å². The van der Waals surface area contributed by atoms with Crippen molar-refractivity contribution in [1.82, 2.24) is 26.1 Å². The van der Waals surface area contributed by atoms with Crippen molar-refractivity contribution in [2.75, 3.05) is 6.54 Å². The Morgan fingerprint density at radius 2 is 1.71 bits per heavy atom. The number of nitrogens with zero attached hydrogens (tertiary/aromatic N) is 2. The number of aromatic nitrogens is 1. The summed E-state index contributed by atoms with van der Waals surface area (Å²) in [6.07, 6.45) is 2.37. The lowest BCUT2D eigenvalue weighted by Gasteiger charge is -2.34. The molecule has 0 spiro atoms. The number of rotatable bonds is 11. The lowest BCUT2D eigenvalue weighted by Crippen LogP contribution is -2.61. The van der Waals surface area contributed by atoms with Gasteiger partial charge in [0.15, 0.2) is 0 Å². The summed E-state index contributed by atoms with van der Waals surface area (Å²) < 4.78 is 0. The molecule has 0 aliphatic carbocycles. The first kappa shape index (κ1) is 32.6. The second-order valence-electron chi connectivity index (χ2n) is 11.1. The van der Waals surface area contributed by atoms with Gasteiger partial charge in [-0.15, -0.1) is 0 Å². The van der Waals surface area contributed by atoms with Crippen LogP contribution in [0.5, 0.6) is 0 Å². The number of carboxylic acid groups (broad SMARTS) is 1. The molecule has 0 radical (unpaired) electrons. The normalized spacial score (nSPS) is 19.2. The number of benzene rings is 1. The Balaban J connectivity index is 1.69. The van der Waals surface area contributed by atoms with Crippen LogP contribution in [0.15, 0.2) is 36.4 Å². The molecule has 6 N–H and O–H groups in total. The summed E-state index contributed by atoms with van der Waals surface area (Å²) in [4.78, 5) is 55.0. The fraction of sp³-hybridized carbons (Fsp3) is 0.500. The minimum Gasteiger partial charge on any atom is -0.480 e. The van der Waals surface area contributed by atoms with Gasteiger partial charge >= 0.3 is 5.97 Å². The Morgan fingerprint density at radius 3 is 2.33 bits per heavy atom. The largest absolute Gasteiger partial charge is 0.480 e. The molecule has 1 aliphatic heterocycles. The number of aliphatic carboxylic acids is 1. The summed E-state index contributed by atoms with van der Waals surface area (Å²) in [5.74, 6) is -4.00. The molecule has 1 saturated heterocycles. The Kier molecular flexibility index (Phi) is 11.1. The zero-order valence-corrected chi connectivity index (χ0v) is 24.6. The van der Waals surface area contributed by atoms with Crippen molar-refractivity contribution < 1.29 is 34.5 Å². The topological polar surface area (TPSA) is 181 Å². The second-order valence-corrected chi connectivity index (χ2v) is 11.1. The Labute approximate surface area is 245 Å². The molecule has 2 heterocycles. The first-order valence-electron chi connectivity index (χ1n) is 14.1. The number of aliphatic hydroxyl groups is 2. The molecule has 1 fully saturated rings. The van der Waals surface area contributed by atoms with E-state index in [0.29, 0.717) is 30.6 Å². The maximum absolute atomic E-state index is 13.2. The second kappa shape index (κ2) is 14.3. The fourth-order valence-corrected chi connectivity index (χ4v) is 4.67. The van der Waals surface area contributed by atoms with Gasteiger partial charge in [0.05, 0.1) is 29.3 Å². The van der Waals surface area contributed by atoms with Crippen LogP contribution in [-0.4, -0.2) is 79.8 Å². The lowest BCUT2D eigenvalue weighted by molar-refractivity contribution is -0.148. The van der Waals surface area contributed by atoms with Crippen molar-refractivity contribution in [2.24, 2.45) is 11.8 Å². The molecule has 3 rings (SSSR count). The Hall–Kier alpha value is -3.87. The van der Waals surface area contributed by atoms with Crippen LogP contribution >= 0.6 is 0 Å². The third-order valence-corrected chi connectivity index (χ3v) is 7.21. The summed E-state index contributed by atoms with van der Waals surface area (Å²) in [6, 6.07) is 6.30. The van der Waals surface area contributed by atoms with E-state index in [2.05, 4.69) is 21.0 Å². The van der Waals surface area contributed by atoms with Crippen molar-refractivity contribution in [1.29, 1.82) is 0 Å². The minimum absolute atomic E-state index is 0.310. The van der Waals surface area contributed by atoms with Gasteiger partial charge in [0.25, 0.3) is 5.91 Å². The molecular weight excluding hydrogens is 542 g/mol. The predicted molar refractivity (Wildman–Crippen MR) is 156 cm³/mol. The van der Waals surface area contributed by atoms with Crippen LogP contribution < -0.4 is 16.1 Å². The number of hydrazine groups is 1. The van der Waals surface area contributed by atoms with E-state index in [4.69, 9.17) is 0 Å². The zero-order valence-electron chi connectivity index (χ0n) is 24.6. The van der Waals surface area contributed by atoms with E-state index in [0.717, 1.165) is 10.9 Å². The highest BCUT2D eigenvalue weighted by atomic mass is 16.4. The molecular formula is C30H41N5O7. The van der Waals surface area contributed by atoms with E-state index in [9.17, 15) is 34.5 Å². The van der Waals surface area contributed by atoms with Crippen LogP contribution in [0.1, 0.15) is 64.8 Å². The molecule has 1 aromatic carbocycles. The average Bonchev–Trinajstić information content (AvgIpc) is 2.94. The van der Waals surface area contributed by atoms with Crippen LogP contribution in [0, 0.1) is 11.8 Å². The van der Waals surface area contributed by atoms with Gasteiger partial charge in [-0.2, -0.15) is 0 Å². The fourth-order valence-electron chi connectivity index (χ4n) is 4.67.